The molecule has 6 nitrogen and oxygen atoms in total. The van der Waals surface area contributed by atoms with Gasteiger partial charge < -0.3 is 10.2 Å². The number of nitrogens with zero attached hydrogens (tertiary/aromatic N) is 3. The Kier molecular flexibility index (Phi) is 4.88. The van der Waals surface area contributed by atoms with Gasteiger partial charge in [0, 0.05) is 25.2 Å². The highest BCUT2D eigenvalue weighted by molar-refractivity contribution is 5.89. The van der Waals surface area contributed by atoms with Gasteiger partial charge in [0.2, 0.25) is 11.8 Å². The van der Waals surface area contributed by atoms with E-state index in [4.69, 9.17) is 0 Å². The molecule has 0 aliphatic carbocycles. The summed E-state index contributed by atoms with van der Waals surface area (Å²) in [6, 6.07) is 9.33. The molecule has 0 unspecified atom stereocenters. The minimum atomic E-state index is -0.471. The number of aromatic nitrogens is 2. The molecule has 1 N–H and O–H groups in total. The maximum absolute atomic E-state index is 12.9. The molecule has 0 bridgehead atoms. The fraction of sp³-hybridized carbons (Fsp3) is 0.421. The number of hydrogen-bond acceptors (Lipinski definition) is 3. The number of piperazine rings is 1. The van der Waals surface area contributed by atoms with Gasteiger partial charge in [0.15, 0.2) is 0 Å². The molecule has 1 aromatic heterocycles. The Labute approximate surface area is 147 Å². The standard InChI is InChI=1S/C19H24N4O2/c1-13-14(2)21-23(15(13)3)12-18(24)22-10-9-20-19(25)17(22)11-16-7-5-4-6-8-16/h4-8,17H,9-12H2,1-3H3,(H,20,25)/t17-/m1/s1. The van der Waals surface area contributed by atoms with E-state index in [-0.39, 0.29) is 18.4 Å². The average Bonchev–Trinajstić information content (AvgIpc) is 2.84. The van der Waals surface area contributed by atoms with Gasteiger partial charge in [-0.15, -0.1) is 0 Å². The minimum absolute atomic E-state index is 0.0682. The van der Waals surface area contributed by atoms with E-state index in [2.05, 4.69) is 10.4 Å². The summed E-state index contributed by atoms with van der Waals surface area (Å²) in [6.45, 7) is 7.10. The average molecular weight is 340 g/mol. The number of hydrogen-bond donors (Lipinski definition) is 1. The van der Waals surface area contributed by atoms with Crippen LogP contribution >= 0.6 is 0 Å². The van der Waals surface area contributed by atoms with Crippen LogP contribution in [0.1, 0.15) is 22.5 Å². The Morgan fingerprint density at radius 1 is 1.24 bits per heavy atom. The molecule has 0 spiro atoms. The van der Waals surface area contributed by atoms with Gasteiger partial charge in [-0.1, -0.05) is 30.3 Å². The maximum Gasteiger partial charge on any atom is 0.245 e. The number of carbonyl (C=O) groups excluding carboxylic acids is 2. The van der Waals surface area contributed by atoms with Crippen LogP contribution in [0.5, 0.6) is 0 Å². The van der Waals surface area contributed by atoms with Crippen molar-refractivity contribution in [2.75, 3.05) is 13.1 Å². The van der Waals surface area contributed by atoms with Crippen LogP contribution in [0.15, 0.2) is 30.3 Å². The van der Waals surface area contributed by atoms with Crippen molar-refractivity contribution < 1.29 is 9.59 Å². The summed E-state index contributed by atoms with van der Waals surface area (Å²) in [5.74, 6) is -0.158. The van der Waals surface area contributed by atoms with Gasteiger partial charge in [-0.05, 0) is 31.9 Å². The van der Waals surface area contributed by atoms with E-state index in [1.165, 1.54) is 0 Å². The smallest absolute Gasteiger partial charge is 0.245 e. The fourth-order valence-corrected chi connectivity index (χ4v) is 3.21. The van der Waals surface area contributed by atoms with Gasteiger partial charge >= 0.3 is 0 Å². The molecule has 132 valence electrons. The molecule has 2 amide bonds. The molecule has 2 aromatic rings. The summed E-state index contributed by atoms with van der Waals surface area (Å²) in [5.41, 5.74) is 4.07. The SMILES string of the molecule is Cc1nn(CC(=O)N2CCNC(=O)[C@H]2Cc2ccccc2)c(C)c1C. The molecule has 3 rings (SSSR count). The van der Waals surface area contributed by atoms with Crippen LogP contribution in [0.4, 0.5) is 0 Å². The third-order valence-corrected chi connectivity index (χ3v) is 4.95. The molecule has 6 heteroatoms. The Morgan fingerprint density at radius 3 is 2.60 bits per heavy atom. The van der Waals surface area contributed by atoms with E-state index in [0.717, 1.165) is 22.5 Å². The number of rotatable bonds is 4. The first-order valence-corrected chi connectivity index (χ1v) is 8.59. The topological polar surface area (TPSA) is 67.2 Å². The van der Waals surface area contributed by atoms with E-state index in [1.807, 2.05) is 51.1 Å². The van der Waals surface area contributed by atoms with Gasteiger partial charge in [-0.2, -0.15) is 5.10 Å². The quantitative estimate of drug-likeness (QED) is 0.914. The highest BCUT2D eigenvalue weighted by Gasteiger charge is 2.33. The van der Waals surface area contributed by atoms with E-state index < -0.39 is 6.04 Å². The first kappa shape index (κ1) is 17.2. The second-order valence-electron chi connectivity index (χ2n) is 6.54. The third kappa shape index (κ3) is 3.57. The van der Waals surface area contributed by atoms with Gasteiger partial charge in [0.1, 0.15) is 12.6 Å². The Balaban J connectivity index is 1.78. The van der Waals surface area contributed by atoms with Crippen molar-refractivity contribution in [1.29, 1.82) is 0 Å². The van der Waals surface area contributed by atoms with Crippen LogP contribution in [-0.2, 0) is 22.6 Å². The lowest BCUT2D eigenvalue weighted by Gasteiger charge is -2.35. The number of aryl methyl sites for hydroxylation is 1. The van der Waals surface area contributed by atoms with E-state index in [9.17, 15) is 9.59 Å². The summed E-state index contributed by atoms with van der Waals surface area (Å²) >= 11 is 0. The molecule has 2 heterocycles. The Hall–Kier alpha value is -2.63. The lowest BCUT2D eigenvalue weighted by Crippen LogP contribution is -2.58. The summed E-state index contributed by atoms with van der Waals surface area (Å²) in [4.78, 5) is 26.9. The van der Waals surface area contributed by atoms with Gasteiger partial charge in [-0.3, -0.25) is 14.3 Å². The number of amides is 2. The lowest BCUT2D eigenvalue weighted by atomic mass is 10.0. The van der Waals surface area contributed by atoms with Gasteiger partial charge in [0.25, 0.3) is 0 Å². The summed E-state index contributed by atoms with van der Waals surface area (Å²) in [5, 5.41) is 7.31. The van der Waals surface area contributed by atoms with Crippen molar-refractivity contribution in [3.63, 3.8) is 0 Å². The van der Waals surface area contributed by atoms with Crippen LogP contribution in [-0.4, -0.2) is 45.6 Å². The lowest BCUT2D eigenvalue weighted by molar-refractivity contribution is -0.143. The second-order valence-corrected chi connectivity index (χ2v) is 6.54. The first-order chi connectivity index (χ1) is 12.0. The fourth-order valence-electron chi connectivity index (χ4n) is 3.21. The molecule has 1 aliphatic rings. The molecule has 1 atom stereocenters. The van der Waals surface area contributed by atoms with Crippen molar-refractivity contribution in [2.24, 2.45) is 0 Å². The van der Waals surface area contributed by atoms with Crippen LogP contribution in [0.3, 0.4) is 0 Å². The zero-order valence-electron chi connectivity index (χ0n) is 15.0. The van der Waals surface area contributed by atoms with Gasteiger partial charge in [-0.25, -0.2) is 0 Å². The number of benzene rings is 1. The van der Waals surface area contributed by atoms with E-state index in [0.29, 0.717) is 19.5 Å². The molecular weight excluding hydrogens is 316 g/mol. The molecule has 1 saturated heterocycles. The highest BCUT2D eigenvalue weighted by atomic mass is 16.2. The van der Waals surface area contributed by atoms with Crippen molar-refractivity contribution in [3.05, 3.63) is 52.8 Å². The van der Waals surface area contributed by atoms with Crippen LogP contribution in [0, 0.1) is 20.8 Å². The van der Waals surface area contributed by atoms with Crippen LogP contribution < -0.4 is 5.32 Å². The molecule has 1 aliphatic heterocycles. The predicted octanol–water partition coefficient (Wildman–Crippen LogP) is 1.38. The van der Waals surface area contributed by atoms with Crippen molar-refractivity contribution in [3.8, 4) is 0 Å². The maximum atomic E-state index is 12.9. The first-order valence-electron chi connectivity index (χ1n) is 8.59. The number of carbonyl (C=O) groups is 2. The summed E-state index contributed by atoms with van der Waals surface area (Å²) in [6.07, 6.45) is 0.522. The van der Waals surface area contributed by atoms with Crippen molar-refractivity contribution >= 4 is 11.8 Å². The van der Waals surface area contributed by atoms with E-state index in [1.54, 1.807) is 9.58 Å². The molecule has 0 radical (unpaired) electrons. The normalized spacial score (nSPS) is 17.5. The van der Waals surface area contributed by atoms with Gasteiger partial charge in [0.05, 0.1) is 5.69 Å². The van der Waals surface area contributed by atoms with Crippen molar-refractivity contribution in [2.45, 2.75) is 39.8 Å². The molecular formula is C19H24N4O2. The summed E-state index contributed by atoms with van der Waals surface area (Å²) < 4.78 is 1.74. The highest BCUT2D eigenvalue weighted by Crippen LogP contribution is 2.15. The molecule has 1 fully saturated rings. The zero-order chi connectivity index (χ0) is 18.0. The molecule has 1 aromatic carbocycles. The zero-order valence-corrected chi connectivity index (χ0v) is 15.0. The Bertz CT molecular complexity index is 782. The predicted molar refractivity (Wildman–Crippen MR) is 95.1 cm³/mol. The third-order valence-electron chi connectivity index (χ3n) is 4.95. The Morgan fingerprint density at radius 2 is 1.96 bits per heavy atom. The molecule has 25 heavy (non-hydrogen) atoms. The number of nitrogens with one attached hydrogen (secondary N) is 1. The second kappa shape index (κ2) is 7.09. The largest absolute Gasteiger partial charge is 0.353 e. The van der Waals surface area contributed by atoms with E-state index >= 15 is 0 Å². The summed E-state index contributed by atoms with van der Waals surface area (Å²) in [7, 11) is 0. The minimum Gasteiger partial charge on any atom is -0.353 e. The monoisotopic (exact) mass is 340 g/mol. The van der Waals surface area contributed by atoms with Crippen LogP contribution in [0.25, 0.3) is 0 Å². The molecule has 0 saturated carbocycles. The van der Waals surface area contributed by atoms with Crippen LogP contribution in [0.2, 0.25) is 0 Å². The van der Waals surface area contributed by atoms with Crippen molar-refractivity contribution in [1.82, 2.24) is 20.0 Å².